The summed E-state index contributed by atoms with van der Waals surface area (Å²) in [5.41, 5.74) is 1.89. The van der Waals surface area contributed by atoms with Gasteiger partial charge in [-0.25, -0.2) is 13.4 Å². The predicted molar refractivity (Wildman–Crippen MR) is 104 cm³/mol. The van der Waals surface area contributed by atoms with E-state index in [1.807, 2.05) is 18.2 Å². The maximum atomic E-state index is 12.6. The van der Waals surface area contributed by atoms with Gasteiger partial charge in [-0.05, 0) is 38.5 Å². The van der Waals surface area contributed by atoms with Gasteiger partial charge >= 0.3 is 0 Å². The minimum Gasteiger partial charge on any atom is -0.360 e. The van der Waals surface area contributed by atoms with Crippen molar-refractivity contribution < 1.29 is 12.9 Å². The standard InChI is InChI=1S/C19H22N4O3S/c1-4-23(13-16-8-6-5-7-9-16)18-11-10-17(12-20-18)22-27(24,25)19-14(2)21-26-15(19)3/h5-12,22H,4,13H2,1-3H3. The molecule has 27 heavy (non-hydrogen) atoms. The number of hydrogen-bond acceptors (Lipinski definition) is 6. The van der Waals surface area contributed by atoms with Gasteiger partial charge < -0.3 is 9.42 Å². The summed E-state index contributed by atoms with van der Waals surface area (Å²) in [4.78, 5) is 6.59. The van der Waals surface area contributed by atoms with E-state index in [0.717, 1.165) is 18.9 Å². The van der Waals surface area contributed by atoms with Crippen molar-refractivity contribution in [2.45, 2.75) is 32.2 Å². The van der Waals surface area contributed by atoms with E-state index in [9.17, 15) is 8.42 Å². The molecule has 3 rings (SSSR count). The number of aryl methyl sites for hydroxylation is 2. The maximum Gasteiger partial charge on any atom is 0.267 e. The molecule has 0 amide bonds. The molecule has 2 heterocycles. The lowest BCUT2D eigenvalue weighted by Crippen LogP contribution is -2.23. The number of benzene rings is 1. The summed E-state index contributed by atoms with van der Waals surface area (Å²) in [5.74, 6) is 1.03. The molecule has 0 aliphatic carbocycles. The Labute approximate surface area is 159 Å². The summed E-state index contributed by atoms with van der Waals surface area (Å²) in [6.45, 7) is 6.73. The zero-order valence-electron chi connectivity index (χ0n) is 15.5. The first-order chi connectivity index (χ1) is 12.9. The van der Waals surface area contributed by atoms with Crippen LogP contribution in [-0.2, 0) is 16.6 Å². The second-order valence-corrected chi connectivity index (χ2v) is 7.78. The number of hydrogen-bond donors (Lipinski definition) is 1. The number of nitrogens with zero attached hydrogens (tertiary/aromatic N) is 3. The van der Waals surface area contributed by atoms with Crippen molar-refractivity contribution >= 4 is 21.5 Å². The predicted octanol–water partition coefficient (Wildman–Crippen LogP) is 3.51. The Balaban J connectivity index is 1.76. The molecular weight excluding hydrogens is 364 g/mol. The molecule has 8 heteroatoms. The van der Waals surface area contributed by atoms with Crippen molar-refractivity contribution in [2.75, 3.05) is 16.2 Å². The minimum atomic E-state index is -3.78. The molecular formula is C19H22N4O3S. The number of anilines is 2. The molecule has 142 valence electrons. The van der Waals surface area contributed by atoms with Crippen molar-refractivity contribution in [3.8, 4) is 0 Å². The molecule has 0 aliphatic rings. The highest BCUT2D eigenvalue weighted by Gasteiger charge is 2.24. The van der Waals surface area contributed by atoms with Crippen LogP contribution >= 0.6 is 0 Å². The average molecular weight is 386 g/mol. The van der Waals surface area contributed by atoms with Crippen LogP contribution in [0.5, 0.6) is 0 Å². The third-order valence-corrected chi connectivity index (χ3v) is 5.78. The number of pyridine rings is 1. The van der Waals surface area contributed by atoms with Crippen LogP contribution < -0.4 is 9.62 Å². The van der Waals surface area contributed by atoms with Crippen LogP contribution in [0.3, 0.4) is 0 Å². The summed E-state index contributed by atoms with van der Waals surface area (Å²) in [6.07, 6.45) is 1.51. The molecule has 0 spiro atoms. The highest BCUT2D eigenvalue weighted by atomic mass is 32.2. The summed E-state index contributed by atoms with van der Waals surface area (Å²) < 4.78 is 32.6. The molecule has 0 bridgehead atoms. The van der Waals surface area contributed by atoms with Crippen molar-refractivity contribution in [3.05, 3.63) is 65.7 Å². The highest BCUT2D eigenvalue weighted by molar-refractivity contribution is 7.92. The Morgan fingerprint density at radius 1 is 1.11 bits per heavy atom. The van der Waals surface area contributed by atoms with Gasteiger partial charge in [0.05, 0.1) is 11.9 Å². The zero-order valence-corrected chi connectivity index (χ0v) is 16.3. The zero-order chi connectivity index (χ0) is 19.4. The normalized spacial score (nSPS) is 11.4. The van der Waals surface area contributed by atoms with Gasteiger partial charge in [0.2, 0.25) is 0 Å². The second kappa shape index (κ2) is 7.79. The lowest BCUT2D eigenvalue weighted by Gasteiger charge is -2.22. The Hall–Kier alpha value is -2.87. The monoisotopic (exact) mass is 386 g/mol. The van der Waals surface area contributed by atoms with Crippen LogP contribution in [0.25, 0.3) is 0 Å². The van der Waals surface area contributed by atoms with E-state index in [-0.39, 0.29) is 10.7 Å². The van der Waals surface area contributed by atoms with E-state index in [2.05, 4.69) is 38.8 Å². The molecule has 3 aromatic rings. The fourth-order valence-electron chi connectivity index (χ4n) is 2.86. The topological polar surface area (TPSA) is 88.3 Å². The van der Waals surface area contributed by atoms with E-state index in [0.29, 0.717) is 11.4 Å². The molecule has 0 fully saturated rings. The number of rotatable bonds is 7. The SMILES string of the molecule is CCN(Cc1ccccc1)c1ccc(NS(=O)(=O)c2c(C)noc2C)cn1. The molecule has 2 aromatic heterocycles. The lowest BCUT2D eigenvalue weighted by molar-refractivity contribution is 0.390. The van der Waals surface area contributed by atoms with E-state index in [1.54, 1.807) is 26.0 Å². The van der Waals surface area contributed by atoms with Crippen LogP contribution in [0.4, 0.5) is 11.5 Å². The Kier molecular flexibility index (Phi) is 5.46. The van der Waals surface area contributed by atoms with Gasteiger partial charge in [0.1, 0.15) is 11.5 Å². The number of aromatic nitrogens is 2. The largest absolute Gasteiger partial charge is 0.360 e. The minimum absolute atomic E-state index is 0.0610. The van der Waals surface area contributed by atoms with Gasteiger partial charge in [0, 0.05) is 13.1 Å². The summed E-state index contributed by atoms with van der Waals surface area (Å²) in [7, 11) is -3.78. The van der Waals surface area contributed by atoms with Crippen LogP contribution in [-0.4, -0.2) is 25.1 Å². The molecule has 0 atom stereocenters. The van der Waals surface area contributed by atoms with Gasteiger partial charge in [-0.1, -0.05) is 35.5 Å². The molecule has 0 saturated carbocycles. The van der Waals surface area contributed by atoms with Gasteiger partial charge in [0.15, 0.2) is 10.7 Å². The summed E-state index contributed by atoms with van der Waals surface area (Å²) in [5, 5.41) is 3.70. The molecule has 7 nitrogen and oxygen atoms in total. The summed E-state index contributed by atoms with van der Waals surface area (Å²) in [6, 6.07) is 13.6. The Morgan fingerprint density at radius 3 is 2.41 bits per heavy atom. The number of nitrogens with one attached hydrogen (secondary N) is 1. The molecule has 1 aromatic carbocycles. The first-order valence-corrected chi connectivity index (χ1v) is 10.1. The van der Waals surface area contributed by atoms with E-state index in [1.165, 1.54) is 11.8 Å². The molecule has 0 unspecified atom stereocenters. The third kappa shape index (κ3) is 4.28. The third-order valence-electron chi connectivity index (χ3n) is 4.16. The van der Waals surface area contributed by atoms with Crippen molar-refractivity contribution in [3.63, 3.8) is 0 Å². The van der Waals surface area contributed by atoms with Crippen molar-refractivity contribution in [1.82, 2.24) is 10.1 Å². The second-order valence-electron chi connectivity index (χ2n) is 6.16. The first kappa shape index (κ1) is 18.9. The van der Waals surface area contributed by atoms with Crippen LogP contribution in [0.15, 0.2) is 58.1 Å². The van der Waals surface area contributed by atoms with E-state index >= 15 is 0 Å². The van der Waals surface area contributed by atoms with Gasteiger partial charge in [-0.2, -0.15) is 0 Å². The number of sulfonamides is 1. The van der Waals surface area contributed by atoms with Crippen LogP contribution in [0, 0.1) is 13.8 Å². The quantitative estimate of drug-likeness (QED) is 0.668. The molecule has 0 aliphatic heterocycles. The maximum absolute atomic E-state index is 12.6. The van der Waals surface area contributed by atoms with Gasteiger partial charge in [0.25, 0.3) is 10.0 Å². The van der Waals surface area contributed by atoms with E-state index < -0.39 is 10.0 Å². The van der Waals surface area contributed by atoms with Crippen LogP contribution in [0.1, 0.15) is 23.9 Å². The van der Waals surface area contributed by atoms with E-state index in [4.69, 9.17) is 4.52 Å². The molecule has 0 saturated heterocycles. The lowest BCUT2D eigenvalue weighted by atomic mass is 10.2. The highest BCUT2D eigenvalue weighted by Crippen LogP contribution is 2.23. The first-order valence-electron chi connectivity index (χ1n) is 8.61. The molecule has 1 N–H and O–H groups in total. The van der Waals surface area contributed by atoms with Gasteiger partial charge in [-0.3, -0.25) is 4.72 Å². The Bertz CT molecular complexity index is 980. The Morgan fingerprint density at radius 2 is 1.85 bits per heavy atom. The smallest absolute Gasteiger partial charge is 0.267 e. The van der Waals surface area contributed by atoms with Gasteiger partial charge in [-0.15, -0.1) is 0 Å². The molecule has 0 radical (unpaired) electrons. The summed E-state index contributed by atoms with van der Waals surface area (Å²) >= 11 is 0. The van der Waals surface area contributed by atoms with Crippen molar-refractivity contribution in [2.24, 2.45) is 0 Å². The average Bonchev–Trinajstić information content (AvgIpc) is 3.00. The van der Waals surface area contributed by atoms with Crippen LogP contribution in [0.2, 0.25) is 0 Å². The fraction of sp³-hybridized carbons (Fsp3) is 0.263. The fourth-order valence-corrected chi connectivity index (χ4v) is 4.23. The van der Waals surface area contributed by atoms with Crippen molar-refractivity contribution in [1.29, 1.82) is 0 Å².